The number of methoxy groups -OCH3 is 1. The van der Waals surface area contributed by atoms with Crippen LogP contribution in [0.15, 0.2) is 12.1 Å². The van der Waals surface area contributed by atoms with Gasteiger partial charge in [-0.05, 0) is 26.3 Å². The van der Waals surface area contributed by atoms with Crippen LogP contribution >= 0.6 is 0 Å². The van der Waals surface area contributed by atoms with Gasteiger partial charge >= 0.3 is 6.09 Å². The number of carbonyl (C=O) groups is 1. The van der Waals surface area contributed by atoms with Crippen LogP contribution in [-0.2, 0) is 4.74 Å². The zero-order valence-corrected chi connectivity index (χ0v) is 11.4. The largest absolute Gasteiger partial charge is 0.481 e. The molecule has 1 aliphatic heterocycles. The highest BCUT2D eigenvalue weighted by atomic mass is 16.6. The Hall–Kier alpha value is -1.82. The summed E-state index contributed by atoms with van der Waals surface area (Å²) in [6.45, 7) is 4.07. The number of pyridine rings is 1. The van der Waals surface area contributed by atoms with Gasteiger partial charge in [-0.1, -0.05) is 0 Å². The molecule has 1 aromatic rings. The zero-order valence-electron chi connectivity index (χ0n) is 11.4. The molecule has 1 amide bonds. The van der Waals surface area contributed by atoms with Gasteiger partial charge in [0.1, 0.15) is 0 Å². The summed E-state index contributed by atoms with van der Waals surface area (Å²) in [5, 5.41) is 0. The van der Waals surface area contributed by atoms with Crippen molar-refractivity contribution in [2.45, 2.75) is 32.4 Å². The minimum Gasteiger partial charge on any atom is -0.481 e. The van der Waals surface area contributed by atoms with E-state index in [2.05, 4.69) is 4.98 Å². The lowest BCUT2D eigenvalue weighted by Gasteiger charge is -2.36. The topological polar surface area (TPSA) is 77.7 Å². The monoisotopic (exact) mass is 265 g/mol. The van der Waals surface area contributed by atoms with E-state index >= 15 is 0 Å². The second-order valence-corrected chi connectivity index (χ2v) is 4.52. The molecule has 2 atom stereocenters. The van der Waals surface area contributed by atoms with Crippen molar-refractivity contribution in [3.8, 4) is 5.88 Å². The Morgan fingerprint density at radius 3 is 2.95 bits per heavy atom. The van der Waals surface area contributed by atoms with E-state index in [9.17, 15) is 4.79 Å². The number of nitrogens with two attached hydrogens (primary N) is 1. The lowest BCUT2D eigenvalue weighted by Crippen LogP contribution is -2.45. The molecular formula is C13H19N3O3. The molecule has 0 saturated carbocycles. The summed E-state index contributed by atoms with van der Waals surface area (Å²) in [5.41, 5.74) is 7.47. The van der Waals surface area contributed by atoms with E-state index < -0.39 is 0 Å². The average molecular weight is 265 g/mol. The van der Waals surface area contributed by atoms with Crippen molar-refractivity contribution in [3.63, 3.8) is 0 Å². The minimum atomic E-state index is -0.366. The Balaban J connectivity index is 2.42. The molecule has 0 aromatic carbocycles. The molecule has 0 aliphatic carbocycles. The smallest absolute Gasteiger partial charge is 0.414 e. The Kier molecular flexibility index (Phi) is 3.90. The van der Waals surface area contributed by atoms with Gasteiger partial charge in [-0.25, -0.2) is 9.78 Å². The van der Waals surface area contributed by atoms with Gasteiger partial charge in [-0.3, -0.25) is 4.90 Å². The Morgan fingerprint density at radius 2 is 2.32 bits per heavy atom. The van der Waals surface area contributed by atoms with E-state index in [1.54, 1.807) is 31.1 Å². The third-order valence-electron chi connectivity index (χ3n) is 3.20. The molecule has 2 rings (SSSR count). The number of ether oxygens (including phenoxy) is 2. The Morgan fingerprint density at radius 1 is 1.58 bits per heavy atom. The number of aromatic nitrogens is 1. The molecule has 6 nitrogen and oxygen atoms in total. The molecule has 0 radical (unpaired) electrons. The van der Waals surface area contributed by atoms with Crippen molar-refractivity contribution >= 4 is 11.8 Å². The predicted octanol–water partition coefficient (Wildman–Crippen LogP) is 1.85. The molecule has 0 saturated heterocycles. The van der Waals surface area contributed by atoms with Gasteiger partial charge in [0, 0.05) is 12.1 Å². The van der Waals surface area contributed by atoms with Crippen LogP contribution in [0.1, 0.15) is 32.0 Å². The Bertz CT molecular complexity index is 478. The number of hydrogen-bond donors (Lipinski definition) is 1. The number of nitrogens with zero attached hydrogens (tertiary/aromatic N) is 2. The van der Waals surface area contributed by atoms with Gasteiger partial charge in [0.15, 0.2) is 0 Å². The average Bonchev–Trinajstić information content (AvgIpc) is 2.38. The molecule has 0 fully saturated rings. The van der Waals surface area contributed by atoms with Gasteiger partial charge in [0.05, 0.1) is 31.1 Å². The van der Waals surface area contributed by atoms with Gasteiger partial charge in [-0.2, -0.15) is 0 Å². The van der Waals surface area contributed by atoms with Gasteiger partial charge < -0.3 is 15.2 Å². The van der Waals surface area contributed by atoms with Crippen LogP contribution in [0.3, 0.4) is 0 Å². The number of rotatable bonds is 2. The van der Waals surface area contributed by atoms with Gasteiger partial charge in [0.2, 0.25) is 5.88 Å². The first-order chi connectivity index (χ1) is 9.08. The molecule has 0 bridgehead atoms. The maximum Gasteiger partial charge on any atom is 0.414 e. The maximum absolute atomic E-state index is 12.0. The molecule has 2 N–H and O–H groups in total. The van der Waals surface area contributed by atoms with Crippen LogP contribution < -0.4 is 15.4 Å². The van der Waals surface area contributed by atoms with Gasteiger partial charge in [0.25, 0.3) is 0 Å². The van der Waals surface area contributed by atoms with Crippen LogP contribution in [0.2, 0.25) is 0 Å². The third-order valence-corrected chi connectivity index (χ3v) is 3.20. The van der Waals surface area contributed by atoms with E-state index in [-0.39, 0.29) is 18.2 Å². The number of amides is 1. The number of carbonyl (C=O) groups excluding carboxylic acids is 1. The summed E-state index contributed by atoms with van der Waals surface area (Å²) < 4.78 is 10.2. The van der Waals surface area contributed by atoms with E-state index in [1.807, 2.05) is 6.92 Å². The molecule has 0 spiro atoms. The van der Waals surface area contributed by atoms with Crippen LogP contribution in [0.25, 0.3) is 0 Å². The molecular weight excluding hydrogens is 246 g/mol. The van der Waals surface area contributed by atoms with Crippen LogP contribution in [-0.4, -0.2) is 30.8 Å². The maximum atomic E-state index is 12.0. The summed E-state index contributed by atoms with van der Waals surface area (Å²) in [7, 11) is 1.55. The van der Waals surface area contributed by atoms with Gasteiger partial charge in [-0.15, -0.1) is 0 Å². The minimum absolute atomic E-state index is 0.0169. The van der Waals surface area contributed by atoms with E-state index in [1.165, 1.54) is 0 Å². The highest BCUT2D eigenvalue weighted by Crippen LogP contribution is 2.36. The summed E-state index contributed by atoms with van der Waals surface area (Å²) in [5.74, 6) is 0.493. The molecule has 104 valence electrons. The van der Waals surface area contributed by atoms with Crippen LogP contribution in [0.5, 0.6) is 5.88 Å². The van der Waals surface area contributed by atoms with E-state index in [4.69, 9.17) is 15.2 Å². The van der Waals surface area contributed by atoms with Crippen molar-refractivity contribution in [2.24, 2.45) is 5.73 Å². The lowest BCUT2D eigenvalue weighted by atomic mass is 9.97. The predicted molar refractivity (Wildman–Crippen MR) is 71.3 cm³/mol. The SMILES string of the molecule is CCOC(=O)N1c2ccc(OC)nc2[C@@H](N)C[C@H]1C. The number of fused-ring (bicyclic) bond motifs is 1. The molecule has 1 aromatic heterocycles. The highest BCUT2D eigenvalue weighted by molar-refractivity contribution is 5.89. The lowest BCUT2D eigenvalue weighted by molar-refractivity contribution is 0.156. The fourth-order valence-corrected chi connectivity index (χ4v) is 2.33. The molecule has 19 heavy (non-hydrogen) atoms. The second-order valence-electron chi connectivity index (χ2n) is 4.52. The van der Waals surface area contributed by atoms with Crippen molar-refractivity contribution in [1.82, 2.24) is 4.98 Å². The normalized spacial score (nSPS) is 21.8. The van der Waals surface area contributed by atoms with Crippen LogP contribution in [0.4, 0.5) is 10.5 Å². The molecule has 2 heterocycles. The van der Waals surface area contributed by atoms with Crippen molar-refractivity contribution in [1.29, 1.82) is 0 Å². The third kappa shape index (κ3) is 2.49. The number of hydrogen-bond acceptors (Lipinski definition) is 5. The summed E-state index contributed by atoms with van der Waals surface area (Å²) in [6, 6.07) is 3.30. The quantitative estimate of drug-likeness (QED) is 0.882. The second kappa shape index (κ2) is 5.44. The van der Waals surface area contributed by atoms with E-state index in [0.29, 0.717) is 30.3 Å². The van der Waals surface area contributed by atoms with Crippen molar-refractivity contribution in [3.05, 3.63) is 17.8 Å². The fraction of sp³-hybridized carbons (Fsp3) is 0.538. The first kappa shape index (κ1) is 13.6. The van der Waals surface area contributed by atoms with Crippen molar-refractivity contribution < 1.29 is 14.3 Å². The van der Waals surface area contributed by atoms with Crippen LogP contribution in [0, 0.1) is 0 Å². The molecule has 6 heteroatoms. The highest BCUT2D eigenvalue weighted by Gasteiger charge is 2.34. The fourth-order valence-electron chi connectivity index (χ4n) is 2.33. The summed E-state index contributed by atoms with van der Waals surface area (Å²) in [6.07, 6.45) is 0.279. The zero-order chi connectivity index (χ0) is 14.0. The molecule has 0 unspecified atom stereocenters. The summed E-state index contributed by atoms with van der Waals surface area (Å²) >= 11 is 0. The molecule has 1 aliphatic rings. The first-order valence-electron chi connectivity index (χ1n) is 6.35. The van der Waals surface area contributed by atoms with Crippen molar-refractivity contribution in [2.75, 3.05) is 18.6 Å². The summed E-state index contributed by atoms with van der Waals surface area (Å²) in [4.78, 5) is 18.0. The standard InChI is InChI=1S/C13H19N3O3/c1-4-19-13(17)16-8(2)7-9(14)12-10(16)5-6-11(15-12)18-3/h5-6,8-9H,4,7,14H2,1-3H3/t8-,9+/m1/s1. The Labute approximate surface area is 112 Å². The first-order valence-corrected chi connectivity index (χ1v) is 6.35. The number of anilines is 1. The van der Waals surface area contributed by atoms with E-state index in [0.717, 1.165) is 0 Å².